The number of carbonyl (C=O) groups is 5. The number of halogens is 3. The van der Waals surface area contributed by atoms with Crippen LogP contribution in [0.25, 0.3) is 21.8 Å². The van der Waals surface area contributed by atoms with Gasteiger partial charge in [-0.15, -0.1) is 0 Å². The number of amides is 5. The molecule has 3 aromatic carbocycles. The van der Waals surface area contributed by atoms with Crippen molar-refractivity contribution in [1.29, 1.82) is 0 Å². The normalized spacial score (nSPS) is 15.5. The van der Waals surface area contributed by atoms with Crippen LogP contribution in [0.2, 0.25) is 0 Å². The van der Waals surface area contributed by atoms with E-state index < -0.39 is 41.4 Å². The van der Waals surface area contributed by atoms with Crippen LogP contribution >= 0.6 is 0 Å². The first kappa shape index (κ1) is 42.9. The highest BCUT2D eigenvalue weighted by Gasteiger charge is 2.45. The average molecular weight is 845 g/mol. The van der Waals surface area contributed by atoms with Gasteiger partial charge in [-0.2, -0.15) is 13.2 Å². The van der Waals surface area contributed by atoms with Gasteiger partial charge in [-0.3, -0.25) is 34.2 Å². The molecule has 2 aliphatic heterocycles. The standard InChI is InChI=1S/C43H43F3N6O9/c44-43(45,46)28-10-8-27(9-11-28)26-51-34-7-2-1-4-29(34)31-24-33(49-25-36(31)51)39(54)48-15-17-59-19-21-61-23-22-60-20-18-58-16-14-47-32-6-3-5-30-38(32)42(57)52(41(30)56)35-12-13-37(53)50-40(35)55/h1-11,24-25,35,47H,12-23,26H2,(H,48,54)(H,50,53,55). The molecule has 1 saturated heterocycles. The van der Waals surface area contributed by atoms with Crippen LogP contribution in [0.15, 0.2) is 79.0 Å². The van der Waals surface area contributed by atoms with E-state index in [1.807, 2.05) is 28.8 Å². The van der Waals surface area contributed by atoms with Crippen LogP contribution in [0.1, 0.15) is 55.2 Å². The molecule has 0 saturated carbocycles. The van der Waals surface area contributed by atoms with Gasteiger partial charge in [-0.1, -0.05) is 36.4 Å². The van der Waals surface area contributed by atoms with E-state index in [-0.39, 0.29) is 48.7 Å². The number of nitrogens with one attached hydrogen (secondary N) is 3. The number of anilines is 1. The second-order valence-corrected chi connectivity index (χ2v) is 14.2. The van der Waals surface area contributed by atoms with Crippen LogP contribution in [0.4, 0.5) is 18.9 Å². The molecule has 0 spiro atoms. The minimum absolute atomic E-state index is 0.0457. The number of para-hydroxylation sites is 1. The van der Waals surface area contributed by atoms with E-state index in [9.17, 15) is 37.1 Å². The number of benzene rings is 3. The van der Waals surface area contributed by atoms with Gasteiger partial charge in [0.1, 0.15) is 11.7 Å². The number of imide groups is 2. The highest BCUT2D eigenvalue weighted by Crippen LogP contribution is 2.34. The third kappa shape index (κ3) is 10.1. The molecule has 7 rings (SSSR count). The Morgan fingerprint density at radius 3 is 2.13 bits per heavy atom. The maximum absolute atomic E-state index is 13.2. The first-order valence-electron chi connectivity index (χ1n) is 19.7. The molecule has 0 radical (unpaired) electrons. The zero-order valence-corrected chi connectivity index (χ0v) is 32.9. The van der Waals surface area contributed by atoms with Crippen molar-refractivity contribution in [3.8, 4) is 0 Å². The monoisotopic (exact) mass is 844 g/mol. The summed E-state index contributed by atoms with van der Waals surface area (Å²) >= 11 is 0. The first-order chi connectivity index (χ1) is 29.5. The maximum atomic E-state index is 13.2. The van der Waals surface area contributed by atoms with Crippen LogP contribution in [0.5, 0.6) is 0 Å². The van der Waals surface area contributed by atoms with Gasteiger partial charge in [0.25, 0.3) is 17.7 Å². The van der Waals surface area contributed by atoms with E-state index in [1.165, 1.54) is 18.2 Å². The zero-order valence-electron chi connectivity index (χ0n) is 32.9. The lowest BCUT2D eigenvalue weighted by molar-refractivity contribution is -0.138. The largest absolute Gasteiger partial charge is 0.416 e. The molecule has 320 valence electrons. The Labute approximate surface area is 347 Å². The summed E-state index contributed by atoms with van der Waals surface area (Å²) < 4.78 is 63.4. The van der Waals surface area contributed by atoms with Gasteiger partial charge >= 0.3 is 6.18 Å². The van der Waals surface area contributed by atoms with Gasteiger partial charge in [0.15, 0.2) is 0 Å². The molecular formula is C43H43F3N6O9. The molecule has 3 N–H and O–H groups in total. The summed E-state index contributed by atoms with van der Waals surface area (Å²) in [6.07, 6.45) is -2.68. The molecule has 2 aromatic heterocycles. The molecule has 0 aliphatic carbocycles. The number of piperidine rings is 1. The van der Waals surface area contributed by atoms with Gasteiger partial charge in [-0.05, 0) is 48.4 Å². The molecule has 1 fully saturated rings. The quantitative estimate of drug-likeness (QED) is 0.0739. The summed E-state index contributed by atoms with van der Waals surface area (Å²) in [4.78, 5) is 68.3. The highest BCUT2D eigenvalue weighted by molar-refractivity contribution is 6.25. The number of alkyl halides is 3. The lowest BCUT2D eigenvalue weighted by Crippen LogP contribution is -2.54. The predicted molar refractivity (Wildman–Crippen MR) is 215 cm³/mol. The van der Waals surface area contributed by atoms with E-state index in [0.717, 1.165) is 38.8 Å². The van der Waals surface area contributed by atoms with E-state index in [4.69, 9.17) is 18.9 Å². The Hall–Kier alpha value is -6.21. The third-order valence-electron chi connectivity index (χ3n) is 10.2. The van der Waals surface area contributed by atoms with Crippen LogP contribution in [-0.2, 0) is 41.3 Å². The van der Waals surface area contributed by atoms with E-state index in [0.29, 0.717) is 70.6 Å². The third-order valence-corrected chi connectivity index (χ3v) is 10.2. The molecule has 1 unspecified atom stereocenters. The Balaban J connectivity index is 0.738. The Kier molecular flexibility index (Phi) is 13.7. The Bertz CT molecular complexity index is 2420. The molecule has 15 nitrogen and oxygen atoms in total. The second kappa shape index (κ2) is 19.4. The molecule has 2 aliphatic rings. The fraction of sp³-hybridized carbons (Fsp3) is 0.349. The number of nitrogens with zero attached hydrogens (tertiary/aromatic N) is 3. The smallest absolute Gasteiger partial charge is 0.382 e. The van der Waals surface area contributed by atoms with Gasteiger partial charge in [-0.25, -0.2) is 4.98 Å². The van der Waals surface area contributed by atoms with Crippen molar-refractivity contribution >= 4 is 57.0 Å². The van der Waals surface area contributed by atoms with Gasteiger partial charge < -0.3 is 34.1 Å². The number of fused-ring (bicyclic) bond motifs is 4. The summed E-state index contributed by atoms with van der Waals surface area (Å²) in [6.45, 7) is 3.48. The maximum Gasteiger partial charge on any atom is 0.416 e. The number of aromatic nitrogens is 2. The molecule has 0 bridgehead atoms. The zero-order chi connectivity index (χ0) is 42.9. The predicted octanol–water partition coefficient (Wildman–Crippen LogP) is 4.57. The number of carbonyl (C=O) groups excluding carboxylic acids is 5. The highest BCUT2D eigenvalue weighted by atomic mass is 19.4. The minimum Gasteiger partial charge on any atom is -0.382 e. The van der Waals surface area contributed by atoms with Crippen LogP contribution in [-0.4, -0.2) is 116 Å². The van der Waals surface area contributed by atoms with E-state index in [2.05, 4.69) is 20.9 Å². The van der Waals surface area contributed by atoms with Crippen molar-refractivity contribution in [2.24, 2.45) is 0 Å². The van der Waals surface area contributed by atoms with E-state index in [1.54, 1.807) is 24.4 Å². The number of hydrogen-bond donors (Lipinski definition) is 3. The topological polar surface area (TPSA) is 179 Å². The van der Waals surface area contributed by atoms with Crippen LogP contribution < -0.4 is 16.0 Å². The lowest BCUT2D eigenvalue weighted by atomic mass is 10.0. The van der Waals surface area contributed by atoms with Crippen molar-refractivity contribution in [3.05, 3.63) is 107 Å². The fourth-order valence-electron chi connectivity index (χ4n) is 7.23. The van der Waals surface area contributed by atoms with Crippen molar-refractivity contribution in [3.63, 3.8) is 0 Å². The number of rotatable bonds is 20. The lowest BCUT2D eigenvalue weighted by Gasteiger charge is -2.27. The van der Waals surface area contributed by atoms with Gasteiger partial charge in [0.2, 0.25) is 11.8 Å². The van der Waals surface area contributed by atoms with Gasteiger partial charge in [0.05, 0.1) is 81.3 Å². The number of hydrogen-bond acceptors (Lipinski definition) is 11. The SMILES string of the molecule is O=C1CCC(N2C(=O)c3cccc(NCCOCCOCCOCCOCCNC(=O)c4cc5c6ccccc6n(Cc6ccc(C(F)(F)F)cc6)c5cn4)c3C2=O)C(=O)N1. The molecule has 5 amide bonds. The fourth-order valence-corrected chi connectivity index (χ4v) is 7.23. The summed E-state index contributed by atoms with van der Waals surface area (Å²) in [5.41, 5.74) is 2.66. The molecule has 5 aromatic rings. The number of ether oxygens (including phenoxy) is 4. The molecular weight excluding hydrogens is 802 g/mol. The summed E-state index contributed by atoms with van der Waals surface area (Å²) in [5.74, 6) is -2.62. The Morgan fingerprint density at radius 1 is 0.770 bits per heavy atom. The van der Waals surface area contributed by atoms with Crippen LogP contribution in [0.3, 0.4) is 0 Å². The molecule has 4 heterocycles. The first-order valence-corrected chi connectivity index (χ1v) is 19.7. The Morgan fingerprint density at radius 2 is 1.44 bits per heavy atom. The van der Waals surface area contributed by atoms with Gasteiger partial charge in [0, 0.05) is 48.0 Å². The second-order valence-electron chi connectivity index (χ2n) is 14.2. The van der Waals surface area contributed by atoms with Crippen molar-refractivity contribution in [2.75, 3.05) is 71.3 Å². The summed E-state index contributed by atoms with van der Waals surface area (Å²) in [6, 6.07) is 18.2. The van der Waals surface area contributed by atoms with Crippen molar-refractivity contribution in [2.45, 2.75) is 31.6 Å². The number of pyridine rings is 1. The molecule has 61 heavy (non-hydrogen) atoms. The summed E-state index contributed by atoms with van der Waals surface area (Å²) in [7, 11) is 0. The summed E-state index contributed by atoms with van der Waals surface area (Å²) in [5, 5.41) is 9.81. The van der Waals surface area contributed by atoms with Crippen molar-refractivity contribution in [1.82, 2.24) is 25.1 Å². The van der Waals surface area contributed by atoms with Crippen LogP contribution in [0, 0.1) is 0 Å². The average Bonchev–Trinajstić information content (AvgIpc) is 3.69. The molecule has 1 atom stereocenters. The van der Waals surface area contributed by atoms with E-state index >= 15 is 0 Å². The van der Waals surface area contributed by atoms with Crippen molar-refractivity contribution < 1.29 is 56.1 Å². The minimum atomic E-state index is -4.41. The molecule has 18 heteroatoms.